The number of rotatable bonds is 3. The van der Waals surface area contributed by atoms with Gasteiger partial charge in [0.2, 0.25) is 5.89 Å². The van der Waals surface area contributed by atoms with Crippen molar-refractivity contribution in [2.24, 2.45) is 5.92 Å². The van der Waals surface area contributed by atoms with E-state index in [2.05, 4.69) is 22.4 Å². The van der Waals surface area contributed by atoms with E-state index in [1.165, 1.54) is 19.3 Å². The van der Waals surface area contributed by atoms with E-state index < -0.39 is 0 Å². The van der Waals surface area contributed by atoms with Crippen molar-refractivity contribution in [2.45, 2.75) is 57.6 Å². The topological polar surface area (TPSA) is 60.2 Å². The molecule has 0 saturated carbocycles. The van der Waals surface area contributed by atoms with Gasteiger partial charge < -0.3 is 14.6 Å². The second-order valence-corrected chi connectivity index (χ2v) is 5.88. The summed E-state index contributed by atoms with van der Waals surface area (Å²) in [5.41, 5.74) is 0. The smallest absolute Gasteiger partial charge is 0.243 e. The van der Waals surface area contributed by atoms with Gasteiger partial charge in [0.05, 0.1) is 12.1 Å². The Kier molecular flexibility index (Phi) is 4.13. The van der Waals surface area contributed by atoms with Crippen LogP contribution in [0.2, 0.25) is 0 Å². The molecule has 2 saturated heterocycles. The Labute approximate surface area is 114 Å². The maximum Gasteiger partial charge on any atom is 0.243 e. The molecule has 5 heteroatoms. The van der Waals surface area contributed by atoms with Gasteiger partial charge in [0.25, 0.3) is 0 Å². The minimum absolute atomic E-state index is 0.234. The van der Waals surface area contributed by atoms with Crippen LogP contribution in [0.25, 0.3) is 0 Å². The molecule has 0 spiro atoms. The summed E-state index contributed by atoms with van der Waals surface area (Å²) in [5.74, 6) is 2.27. The number of hydrogen-bond donors (Lipinski definition) is 1. The van der Waals surface area contributed by atoms with Crippen LogP contribution in [0.3, 0.4) is 0 Å². The average Bonchev–Trinajstić information content (AvgIpc) is 2.88. The lowest BCUT2D eigenvalue weighted by Crippen LogP contribution is -2.31. The largest absolute Gasteiger partial charge is 0.378 e. The highest BCUT2D eigenvalue weighted by atomic mass is 16.5. The zero-order chi connectivity index (χ0) is 13.1. The molecule has 0 aromatic carbocycles. The summed E-state index contributed by atoms with van der Waals surface area (Å²) in [5, 5.41) is 7.56. The van der Waals surface area contributed by atoms with Gasteiger partial charge in [0.15, 0.2) is 5.82 Å². The Balaban J connectivity index is 1.59. The molecule has 1 aromatic rings. The molecule has 5 nitrogen and oxygen atoms in total. The first-order chi connectivity index (χ1) is 9.31. The molecule has 2 aliphatic heterocycles. The highest BCUT2D eigenvalue weighted by molar-refractivity contribution is 4.96. The van der Waals surface area contributed by atoms with E-state index >= 15 is 0 Å². The van der Waals surface area contributed by atoms with Crippen LogP contribution in [0.5, 0.6) is 0 Å². The quantitative estimate of drug-likeness (QED) is 0.908. The summed E-state index contributed by atoms with van der Waals surface area (Å²) in [4.78, 5) is 4.54. The van der Waals surface area contributed by atoms with Gasteiger partial charge in [-0.05, 0) is 44.6 Å². The molecule has 106 valence electrons. The number of nitrogens with one attached hydrogen (secondary N) is 1. The number of aromatic nitrogens is 2. The summed E-state index contributed by atoms with van der Waals surface area (Å²) in [7, 11) is 0. The molecular weight excluding hydrogens is 242 g/mol. The normalized spacial score (nSPS) is 32.4. The van der Waals surface area contributed by atoms with Gasteiger partial charge in [-0.25, -0.2) is 0 Å². The lowest BCUT2D eigenvalue weighted by atomic mass is 9.94. The van der Waals surface area contributed by atoms with Gasteiger partial charge in [-0.2, -0.15) is 4.98 Å². The number of piperidine rings is 1. The van der Waals surface area contributed by atoms with Crippen molar-refractivity contribution in [1.29, 1.82) is 0 Å². The van der Waals surface area contributed by atoms with Crippen LogP contribution in [0.1, 0.15) is 56.8 Å². The van der Waals surface area contributed by atoms with E-state index in [4.69, 9.17) is 9.26 Å². The van der Waals surface area contributed by atoms with Crippen molar-refractivity contribution >= 4 is 0 Å². The van der Waals surface area contributed by atoms with Crippen molar-refractivity contribution in [1.82, 2.24) is 15.5 Å². The summed E-state index contributed by atoms with van der Waals surface area (Å²) in [6.07, 6.45) is 6.91. The standard InChI is InChI=1S/C14H23N3O2/c1-10-5-6-15-12(8-10)14-16-13(17-19-14)9-11-4-2-3-7-18-11/h10-12,15H,2-9H2,1H3. The van der Waals surface area contributed by atoms with E-state index in [1.54, 1.807) is 0 Å². The molecule has 3 unspecified atom stereocenters. The molecule has 2 aliphatic rings. The van der Waals surface area contributed by atoms with Crippen molar-refractivity contribution in [3.63, 3.8) is 0 Å². The monoisotopic (exact) mass is 265 g/mol. The van der Waals surface area contributed by atoms with Crippen LogP contribution < -0.4 is 5.32 Å². The maximum atomic E-state index is 5.72. The molecule has 2 fully saturated rings. The first-order valence-corrected chi connectivity index (χ1v) is 7.48. The minimum Gasteiger partial charge on any atom is -0.378 e. The lowest BCUT2D eigenvalue weighted by molar-refractivity contribution is 0.0153. The zero-order valence-corrected chi connectivity index (χ0v) is 11.6. The fourth-order valence-corrected chi connectivity index (χ4v) is 2.96. The fraction of sp³-hybridized carbons (Fsp3) is 0.857. The molecule has 0 bridgehead atoms. The Morgan fingerprint density at radius 1 is 1.32 bits per heavy atom. The first kappa shape index (κ1) is 13.1. The van der Waals surface area contributed by atoms with E-state index in [1.807, 2.05) is 0 Å². The summed E-state index contributed by atoms with van der Waals surface area (Å²) >= 11 is 0. The number of hydrogen-bond acceptors (Lipinski definition) is 5. The van der Waals surface area contributed by atoms with E-state index in [0.717, 1.165) is 50.0 Å². The first-order valence-electron chi connectivity index (χ1n) is 7.48. The molecule has 0 amide bonds. The third-order valence-corrected chi connectivity index (χ3v) is 4.13. The third kappa shape index (κ3) is 3.34. The predicted molar refractivity (Wildman–Crippen MR) is 70.7 cm³/mol. The lowest BCUT2D eigenvalue weighted by Gasteiger charge is -2.25. The van der Waals surface area contributed by atoms with E-state index in [9.17, 15) is 0 Å². The van der Waals surface area contributed by atoms with Gasteiger partial charge in [-0.1, -0.05) is 12.1 Å². The third-order valence-electron chi connectivity index (χ3n) is 4.13. The Morgan fingerprint density at radius 3 is 3.05 bits per heavy atom. The SMILES string of the molecule is CC1CCNC(c2nc(CC3CCCCO3)no2)C1. The van der Waals surface area contributed by atoms with Crippen molar-refractivity contribution in [3.8, 4) is 0 Å². The number of nitrogens with zero attached hydrogens (tertiary/aromatic N) is 2. The van der Waals surface area contributed by atoms with Gasteiger partial charge in [0.1, 0.15) is 0 Å². The summed E-state index contributed by atoms with van der Waals surface area (Å²) < 4.78 is 11.1. The van der Waals surface area contributed by atoms with E-state index in [-0.39, 0.29) is 12.1 Å². The molecule has 0 radical (unpaired) electrons. The zero-order valence-electron chi connectivity index (χ0n) is 11.6. The molecule has 3 heterocycles. The van der Waals surface area contributed by atoms with Gasteiger partial charge in [-0.3, -0.25) is 0 Å². The Bertz CT molecular complexity index is 401. The van der Waals surface area contributed by atoms with Crippen LogP contribution in [0, 0.1) is 5.92 Å². The fourth-order valence-electron chi connectivity index (χ4n) is 2.96. The summed E-state index contributed by atoms with van der Waals surface area (Å²) in [6.45, 7) is 4.19. The molecule has 1 aromatic heterocycles. The van der Waals surface area contributed by atoms with Crippen LogP contribution in [-0.2, 0) is 11.2 Å². The second-order valence-electron chi connectivity index (χ2n) is 5.88. The van der Waals surface area contributed by atoms with Crippen LogP contribution >= 0.6 is 0 Å². The second kappa shape index (κ2) is 6.01. The van der Waals surface area contributed by atoms with Crippen molar-refractivity contribution in [2.75, 3.05) is 13.2 Å². The highest BCUT2D eigenvalue weighted by Crippen LogP contribution is 2.26. The predicted octanol–water partition coefficient (Wildman–Crippen LogP) is 2.24. The molecular formula is C14H23N3O2. The van der Waals surface area contributed by atoms with Gasteiger partial charge in [0, 0.05) is 13.0 Å². The molecule has 3 rings (SSSR count). The maximum absolute atomic E-state index is 5.72. The van der Waals surface area contributed by atoms with Crippen molar-refractivity contribution < 1.29 is 9.26 Å². The van der Waals surface area contributed by atoms with Crippen LogP contribution in [-0.4, -0.2) is 29.4 Å². The Morgan fingerprint density at radius 2 is 2.26 bits per heavy atom. The molecule has 3 atom stereocenters. The average molecular weight is 265 g/mol. The number of ether oxygens (including phenoxy) is 1. The van der Waals surface area contributed by atoms with Gasteiger partial charge in [-0.15, -0.1) is 0 Å². The minimum atomic E-state index is 0.234. The summed E-state index contributed by atoms with van der Waals surface area (Å²) in [6, 6.07) is 0.234. The van der Waals surface area contributed by atoms with Crippen LogP contribution in [0.4, 0.5) is 0 Å². The Hall–Kier alpha value is -0.940. The van der Waals surface area contributed by atoms with Crippen LogP contribution in [0.15, 0.2) is 4.52 Å². The van der Waals surface area contributed by atoms with E-state index in [0.29, 0.717) is 0 Å². The van der Waals surface area contributed by atoms with Gasteiger partial charge >= 0.3 is 0 Å². The molecule has 19 heavy (non-hydrogen) atoms. The highest BCUT2D eigenvalue weighted by Gasteiger charge is 2.25. The van der Waals surface area contributed by atoms with Crippen molar-refractivity contribution in [3.05, 3.63) is 11.7 Å². The molecule has 0 aliphatic carbocycles. The molecule has 1 N–H and O–H groups in total.